The van der Waals surface area contributed by atoms with Crippen molar-refractivity contribution in [2.75, 3.05) is 32.6 Å². The van der Waals surface area contributed by atoms with Gasteiger partial charge >= 0.3 is 11.9 Å². The van der Waals surface area contributed by atoms with Crippen LogP contribution in [0.5, 0.6) is 5.75 Å². The van der Waals surface area contributed by atoms with Gasteiger partial charge in [-0.05, 0) is 69.6 Å². The summed E-state index contributed by atoms with van der Waals surface area (Å²) in [5.41, 5.74) is 2.72. The molecule has 0 fully saturated rings. The number of nitriles is 1. The van der Waals surface area contributed by atoms with Gasteiger partial charge in [-0.25, -0.2) is 9.59 Å². The Kier molecular flexibility index (Phi) is 13.7. The van der Waals surface area contributed by atoms with Gasteiger partial charge in [-0.2, -0.15) is 5.26 Å². The molecule has 0 spiro atoms. The van der Waals surface area contributed by atoms with Gasteiger partial charge in [0, 0.05) is 60.7 Å². The lowest BCUT2D eigenvalue weighted by Crippen LogP contribution is -2.49. The number of likely N-dealkylation sites (N-methyl/N-ethyl adjacent to an activating group) is 1. The normalized spacial score (nSPS) is 16.6. The highest BCUT2D eigenvalue weighted by molar-refractivity contribution is 6.32. The van der Waals surface area contributed by atoms with E-state index in [1.54, 1.807) is 42.8 Å². The molecule has 1 atom stereocenters. The minimum atomic E-state index is -1.26. The van der Waals surface area contributed by atoms with Gasteiger partial charge < -0.3 is 40.5 Å². The number of carbonyl (C=O) groups excluding carboxylic acids is 1. The molecule has 13 nitrogen and oxygen atoms in total. The number of nitrogens with zero attached hydrogens (tertiary/aromatic N) is 3. The first-order chi connectivity index (χ1) is 22.9. The third-order valence-electron chi connectivity index (χ3n) is 6.29. The first-order valence-corrected chi connectivity index (χ1v) is 14.9. The van der Waals surface area contributed by atoms with Crippen LogP contribution in [0.3, 0.4) is 0 Å². The summed E-state index contributed by atoms with van der Waals surface area (Å²) in [6.07, 6.45) is 13.1. The van der Waals surface area contributed by atoms with E-state index < -0.39 is 17.7 Å². The molecule has 48 heavy (non-hydrogen) atoms. The number of carbonyl (C=O) groups is 3. The molecule has 2 aromatic rings. The van der Waals surface area contributed by atoms with Crippen LogP contribution in [0.25, 0.3) is 0 Å². The molecule has 0 saturated carbocycles. The van der Waals surface area contributed by atoms with Crippen LogP contribution in [0.4, 0.5) is 5.69 Å². The zero-order valence-electron chi connectivity index (χ0n) is 26.4. The fraction of sp³-hybridized carbons (Fsp3) is 0.206. The van der Waals surface area contributed by atoms with E-state index in [4.69, 9.17) is 31.3 Å². The molecule has 1 aromatic heterocycles. The maximum atomic E-state index is 12.6. The number of amides is 1. The number of hydrogen-bond acceptors (Lipinski definition) is 10. The maximum absolute atomic E-state index is 12.6. The number of halogens is 1. The Labute approximate surface area is 282 Å². The van der Waals surface area contributed by atoms with E-state index >= 15 is 0 Å². The average Bonchev–Trinajstić information content (AvgIpc) is 3.04. The number of fused-ring (bicyclic) bond motifs is 1. The van der Waals surface area contributed by atoms with Crippen molar-refractivity contribution in [1.29, 1.82) is 5.26 Å². The number of anilines is 1. The van der Waals surface area contributed by atoms with Gasteiger partial charge in [-0.15, -0.1) is 0 Å². The van der Waals surface area contributed by atoms with Gasteiger partial charge in [0.15, 0.2) is 5.72 Å². The van der Waals surface area contributed by atoms with Gasteiger partial charge in [0.05, 0.1) is 22.0 Å². The van der Waals surface area contributed by atoms with Crippen molar-refractivity contribution < 1.29 is 34.1 Å². The molecule has 0 bridgehead atoms. The van der Waals surface area contributed by atoms with E-state index in [1.165, 1.54) is 6.08 Å². The number of nitrogens with one attached hydrogen (secondary N) is 3. The molecule has 2 aliphatic rings. The summed E-state index contributed by atoms with van der Waals surface area (Å²) in [5.74, 6) is -2.28. The number of pyridine rings is 1. The lowest BCUT2D eigenvalue weighted by molar-refractivity contribution is -0.134. The largest absolute Gasteiger partial charge is 0.486 e. The van der Waals surface area contributed by atoms with E-state index in [1.807, 2.05) is 56.3 Å². The monoisotopic (exact) mass is 674 g/mol. The Morgan fingerprint density at radius 2 is 1.90 bits per heavy atom. The second-order valence-corrected chi connectivity index (χ2v) is 10.7. The van der Waals surface area contributed by atoms with Gasteiger partial charge in [0.1, 0.15) is 18.4 Å². The van der Waals surface area contributed by atoms with Crippen molar-refractivity contribution in [2.45, 2.75) is 19.3 Å². The second kappa shape index (κ2) is 17.9. The molecule has 1 aliphatic heterocycles. The van der Waals surface area contributed by atoms with Crippen LogP contribution in [0.15, 0.2) is 114 Å². The first-order valence-electron chi connectivity index (χ1n) is 14.5. The van der Waals surface area contributed by atoms with Crippen molar-refractivity contribution in [3.8, 4) is 11.8 Å². The lowest BCUT2D eigenvalue weighted by Gasteiger charge is -2.34. The van der Waals surface area contributed by atoms with E-state index in [0.717, 1.165) is 11.3 Å². The van der Waals surface area contributed by atoms with Crippen LogP contribution >= 0.6 is 11.6 Å². The Bertz CT molecular complexity index is 1710. The van der Waals surface area contributed by atoms with E-state index in [2.05, 4.69) is 27.0 Å². The third-order valence-corrected chi connectivity index (χ3v) is 6.59. The Hall–Kier alpha value is -5.68. The average molecular weight is 675 g/mol. The summed E-state index contributed by atoms with van der Waals surface area (Å²) < 4.78 is 11.8. The summed E-state index contributed by atoms with van der Waals surface area (Å²) in [6, 6.07) is 13.2. The van der Waals surface area contributed by atoms with Crippen LogP contribution in [-0.4, -0.2) is 70.9 Å². The van der Waals surface area contributed by atoms with Gasteiger partial charge in [0.25, 0.3) is 0 Å². The molecule has 1 unspecified atom stereocenters. The minimum absolute atomic E-state index is 0.286. The number of allylic oxidation sites excluding steroid dienone is 2. The zero-order chi connectivity index (χ0) is 35.1. The predicted molar refractivity (Wildman–Crippen MR) is 179 cm³/mol. The van der Waals surface area contributed by atoms with Crippen LogP contribution in [0.1, 0.15) is 12.6 Å². The highest BCUT2D eigenvalue weighted by Crippen LogP contribution is 2.34. The number of hydrogen-bond donors (Lipinski definition) is 5. The highest BCUT2D eigenvalue weighted by Gasteiger charge is 2.33. The molecule has 2 heterocycles. The summed E-state index contributed by atoms with van der Waals surface area (Å²) in [4.78, 5) is 38.0. The molecule has 1 amide bonds. The Morgan fingerprint density at radius 3 is 2.50 bits per heavy atom. The predicted octanol–water partition coefficient (Wildman–Crippen LogP) is 4.12. The first kappa shape index (κ1) is 36.8. The molecule has 1 aliphatic carbocycles. The minimum Gasteiger partial charge on any atom is -0.486 e. The maximum Gasteiger partial charge on any atom is 0.328 e. The van der Waals surface area contributed by atoms with Crippen LogP contribution in [-0.2, 0) is 25.7 Å². The van der Waals surface area contributed by atoms with Gasteiger partial charge in [-0.1, -0.05) is 23.7 Å². The highest BCUT2D eigenvalue weighted by atomic mass is 35.5. The van der Waals surface area contributed by atoms with Gasteiger partial charge in [-0.3, -0.25) is 9.78 Å². The number of benzene rings is 1. The number of carboxylic acid groups (broad SMARTS) is 2. The smallest absolute Gasteiger partial charge is 0.328 e. The quantitative estimate of drug-likeness (QED) is 0.151. The van der Waals surface area contributed by atoms with E-state index in [9.17, 15) is 19.6 Å². The van der Waals surface area contributed by atoms with Crippen LogP contribution in [0, 0.1) is 11.3 Å². The fourth-order valence-corrected chi connectivity index (χ4v) is 4.46. The fourth-order valence-electron chi connectivity index (χ4n) is 4.23. The Balaban J connectivity index is 0.000000694. The topological polar surface area (TPSA) is 186 Å². The van der Waals surface area contributed by atoms with Crippen molar-refractivity contribution in [2.24, 2.45) is 0 Å². The van der Waals surface area contributed by atoms with Crippen molar-refractivity contribution in [1.82, 2.24) is 20.5 Å². The lowest BCUT2D eigenvalue weighted by atomic mass is 9.93. The number of aliphatic carboxylic acids is 2. The molecule has 14 heteroatoms. The second-order valence-electron chi connectivity index (χ2n) is 10.3. The van der Waals surface area contributed by atoms with Crippen molar-refractivity contribution >= 4 is 35.1 Å². The number of ether oxygens (including phenoxy) is 2. The van der Waals surface area contributed by atoms with Gasteiger partial charge in [0.2, 0.25) is 5.91 Å². The molecule has 250 valence electrons. The number of aromatic nitrogens is 1. The molecule has 4 rings (SSSR count). The molecular formula is C34H35ClN6O7. The summed E-state index contributed by atoms with van der Waals surface area (Å²) in [6.45, 7) is 3.15. The van der Waals surface area contributed by atoms with Crippen LogP contribution < -0.4 is 20.7 Å². The summed E-state index contributed by atoms with van der Waals surface area (Å²) >= 11 is 6.51. The summed E-state index contributed by atoms with van der Waals surface area (Å²) in [7, 11) is 3.85. The van der Waals surface area contributed by atoms with E-state index in [0.29, 0.717) is 58.7 Å². The standard InChI is InChI=1S/C30H31ClN6O3.C4H4O4/c1-4-40-30(36-28(38)9-7-15-37(2)3)13-12-24-26(17-30)34-19-21(18-32)29(24)35-22-10-11-27(25(31)16-22)39-20-23-8-5-6-14-33-23;5-3(6)1-2-4(7)8/h5-14,16-17,19,34-35H,4,15,20H2,1-3H3,(H,36,38);1-2H,(H,5,6)(H,7,8)/b9-7+;2-1-. The molecule has 5 N–H and O–H groups in total. The molecular weight excluding hydrogens is 640 g/mol. The molecule has 0 radical (unpaired) electrons. The van der Waals surface area contributed by atoms with E-state index in [-0.39, 0.29) is 12.5 Å². The SMILES string of the molecule is CCOC1(NC(=O)/C=C/CN(C)C)C=CC2=C(Nc3ccc(OCc4ccccn4)c(Cl)c3)C(C#N)=CNC2=C1.O=C(O)/C=C\C(=O)O. The number of rotatable bonds is 13. The third kappa shape index (κ3) is 11.3. The summed E-state index contributed by atoms with van der Waals surface area (Å²) in [5, 5.41) is 35.3. The van der Waals surface area contributed by atoms with Crippen molar-refractivity contribution in [3.63, 3.8) is 0 Å². The molecule has 1 aromatic carbocycles. The number of dihydropyridines is 1. The molecule has 0 saturated heterocycles. The number of carboxylic acids is 2. The Morgan fingerprint density at radius 1 is 1.15 bits per heavy atom. The van der Waals surface area contributed by atoms with Crippen LogP contribution in [0.2, 0.25) is 5.02 Å². The zero-order valence-corrected chi connectivity index (χ0v) is 27.2. The van der Waals surface area contributed by atoms with Crippen molar-refractivity contribution in [3.05, 3.63) is 125 Å².